The number of rotatable bonds is 5. The molecule has 2 fully saturated rings. The van der Waals surface area contributed by atoms with Crippen LogP contribution in [0.3, 0.4) is 0 Å². The topological polar surface area (TPSA) is 61.7 Å². The smallest absolute Gasteiger partial charge is 0.0888 e. The third kappa shape index (κ3) is 2.57. The van der Waals surface area contributed by atoms with Gasteiger partial charge in [-0.15, -0.1) is 0 Å². The van der Waals surface area contributed by atoms with E-state index in [1.807, 2.05) is 0 Å². The van der Waals surface area contributed by atoms with Crippen molar-refractivity contribution in [1.29, 1.82) is 0 Å². The highest BCUT2D eigenvalue weighted by Gasteiger charge is 2.34. The van der Waals surface area contributed by atoms with Crippen LogP contribution in [-0.2, 0) is 0 Å². The first kappa shape index (κ1) is 16.1. The molecule has 0 unspecified atom stereocenters. The molecule has 26 heavy (non-hydrogen) atoms. The minimum Gasteiger partial charge on any atom is -0.344 e. The van der Waals surface area contributed by atoms with Crippen molar-refractivity contribution in [3.8, 4) is 11.3 Å². The number of hydrogen-bond acceptors (Lipinski definition) is 3. The molecule has 0 bridgehead atoms. The zero-order valence-corrected chi connectivity index (χ0v) is 15.6. The van der Waals surface area contributed by atoms with Gasteiger partial charge in [0.1, 0.15) is 0 Å². The Morgan fingerprint density at radius 3 is 2.69 bits per heavy atom. The van der Waals surface area contributed by atoms with E-state index < -0.39 is 0 Å². The lowest BCUT2D eigenvalue weighted by Crippen LogP contribution is -2.32. The summed E-state index contributed by atoms with van der Waals surface area (Å²) >= 11 is 0. The Morgan fingerprint density at radius 2 is 2.00 bits per heavy atom. The van der Waals surface area contributed by atoms with Crippen LogP contribution in [0.2, 0.25) is 0 Å². The SMILES string of the molecule is CC(C)n1ccc2nc(-c3cn(C4CC(CN)C4)nc3C3CC3)ccc21. The fourth-order valence-corrected chi connectivity index (χ4v) is 4.20. The fourth-order valence-electron chi connectivity index (χ4n) is 4.20. The average molecular weight is 349 g/mol. The largest absolute Gasteiger partial charge is 0.344 e. The first-order valence-corrected chi connectivity index (χ1v) is 9.91. The van der Waals surface area contributed by atoms with E-state index in [-0.39, 0.29) is 0 Å². The van der Waals surface area contributed by atoms with Gasteiger partial charge in [0.05, 0.1) is 28.5 Å². The third-order valence-electron chi connectivity index (χ3n) is 6.05. The molecule has 0 spiro atoms. The van der Waals surface area contributed by atoms with E-state index >= 15 is 0 Å². The lowest BCUT2D eigenvalue weighted by atomic mass is 9.80. The molecule has 136 valence electrons. The second-order valence-electron chi connectivity index (χ2n) is 8.33. The van der Waals surface area contributed by atoms with Crippen molar-refractivity contribution < 1.29 is 0 Å². The van der Waals surface area contributed by atoms with Crippen LogP contribution in [0.15, 0.2) is 30.6 Å². The molecular weight excluding hydrogens is 322 g/mol. The van der Waals surface area contributed by atoms with Crippen molar-refractivity contribution >= 4 is 11.0 Å². The molecule has 5 nitrogen and oxygen atoms in total. The van der Waals surface area contributed by atoms with Crippen molar-refractivity contribution in [1.82, 2.24) is 19.3 Å². The van der Waals surface area contributed by atoms with Gasteiger partial charge in [-0.2, -0.15) is 5.10 Å². The van der Waals surface area contributed by atoms with Crippen LogP contribution in [0, 0.1) is 5.92 Å². The van der Waals surface area contributed by atoms with Crippen LogP contribution in [0.1, 0.15) is 63.2 Å². The van der Waals surface area contributed by atoms with Gasteiger partial charge in [-0.05, 0) is 70.2 Å². The summed E-state index contributed by atoms with van der Waals surface area (Å²) in [7, 11) is 0. The average Bonchev–Trinajstić information content (AvgIpc) is 3.20. The van der Waals surface area contributed by atoms with Crippen LogP contribution in [-0.4, -0.2) is 25.9 Å². The standard InChI is InChI=1S/C21H27N5/c1-13(2)25-8-7-19-20(25)6-5-18(23-19)17-12-26(16-9-14(10-16)11-22)24-21(17)15-3-4-15/h5-8,12-16H,3-4,9-11,22H2,1-2H3. The molecule has 0 saturated heterocycles. The summed E-state index contributed by atoms with van der Waals surface area (Å²) in [4.78, 5) is 4.97. The number of hydrogen-bond donors (Lipinski definition) is 1. The molecule has 3 aromatic rings. The molecule has 2 N–H and O–H groups in total. The van der Waals surface area contributed by atoms with Crippen molar-refractivity contribution in [3.05, 3.63) is 36.3 Å². The molecule has 2 aliphatic rings. The van der Waals surface area contributed by atoms with Gasteiger partial charge in [0.15, 0.2) is 0 Å². The monoisotopic (exact) mass is 349 g/mol. The molecule has 0 amide bonds. The predicted molar refractivity (Wildman–Crippen MR) is 104 cm³/mol. The number of pyridine rings is 1. The minimum atomic E-state index is 0.444. The lowest BCUT2D eigenvalue weighted by molar-refractivity contribution is 0.189. The van der Waals surface area contributed by atoms with Gasteiger partial charge < -0.3 is 10.3 Å². The molecule has 5 heteroatoms. The summed E-state index contributed by atoms with van der Waals surface area (Å²) in [6, 6.07) is 7.45. The van der Waals surface area contributed by atoms with Crippen LogP contribution in [0.25, 0.3) is 22.3 Å². The molecule has 0 radical (unpaired) electrons. The first-order valence-electron chi connectivity index (χ1n) is 9.91. The molecule has 0 aromatic carbocycles. The quantitative estimate of drug-likeness (QED) is 0.748. The summed E-state index contributed by atoms with van der Waals surface area (Å²) in [6.45, 7) is 5.21. The number of fused-ring (bicyclic) bond motifs is 1. The van der Waals surface area contributed by atoms with Gasteiger partial charge in [-0.3, -0.25) is 4.68 Å². The maximum absolute atomic E-state index is 5.79. The van der Waals surface area contributed by atoms with E-state index in [1.54, 1.807) is 0 Å². The van der Waals surface area contributed by atoms with Gasteiger partial charge in [0.25, 0.3) is 0 Å². The summed E-state index contributed by atoms with van der Waals surface area (Å²) in [6.07, 6.45) is 9.20. The highest BCUT2D eigenvalue weighted by atomic mass is 15.3. The zero-order chi connectivity index (χ0) is 17.8. The molecule has 3 aromatic heterocycles. The number of nitrogens with zero attached hydrogens (tertiary/aromatic N) is 4. The Morgan fingerprint density at radius 1 is 1.19 bits per heavy atom. The van der Waals surface area contributed by atoms with Crippen molar-refractivity contribution in [2.24, 2.45) is 11.7 Å². The molecule has 5 rings (SSSR count). The van der Waals surface area contributed by atoms with E-state index in [1.165, 1.54) is 29.6 Å². The second-order valence-corrected chi connectivity index (χ2v) is 8.33. The molecule has 0 aliphatic heterocycles. The fraction of sp³-hybridized carbons (Fsp3) is 0.524. The first-order chi connectivity index (χ1) is 12.6. The molecule has 2 aliphatic carbocycles. The van der Waals surface area contributed by atoms with E-state index in [2.05, 4.69) is 53.7 Å². The highest BCUT2D eigenvalue weighted by Crippen LogP contribution is 2.45. The Bertz CT molecular complexity index is 941. The van der Waals surface area contributed by atoms with Gasteiger partial charge >= 0.3 is 0 Å². The molecular formula is C21H27N5. The second kappa shape index (κ2) is 5.95. The maximum atomic E-state index is 5.79. The van der Waals surface area contributed by atoms with Crippen LogP contribution in [0.5, 0.6) is 0 Å². The predicted octanol–water partition coefficient (Wildman–Crippen LogP) is 4.27. The minimum absolute atomic E-state index is 0.444. The Hall–Kier alpha value is -2.14. The molecule has 2 saturated carbocycles. The van der Waals surface area contributed by atoms with Crippen molar-refractivity contribution in [3.63, 3.8) is 0 Å². The highest BCUT2D eigenvalue weighted by molar-refractivity contribution is 5.80. The zero-order valence-electron chi connectivity index (χ0n) is 15.6. The lowest BCUT2D eigenvalue weighted by Gasteiger charge is -2.34. The van der Waals surface area contributed by atoms with Crippen molar-refractivity contribution in [2.45, 2.75) is 57.5 Å². The molecule has 3 heterocycles. The van der Waals surface area contributed by atoms with Crippen molar-refractivity contribution in [2.75, 3.05) is 6.54 Å². The maximum Gasteiger partial charge on any atom is 0.0888 e. The molecule has 0 atom stereocenters. The van der Waals surface area contributed by atoms with Gasteiger partial charge in [-0.1, -0.05) is 0 Å². The summed E-state index contributed by atoms with van der Waals surface area (Å²) < 4.78 is 4.47. The summed E-state index contributed by atoms with van der Waals surface area (Å²) in [5.74, 6) is 1.29. The normalized spacial score (nSPS) is 22.9. The van der Waals surface area contributed by atoms with Crippen LogP contribution >= 0.6 is 0 Å². The van der Waals surface area contributed by atoms with Gasteiger partial charge in [0.2, 0.25) is 0 Å². The Kier molecular flexibility index (Phi) is 3.67. The third-order valence-corrected chi connectivity index (χ3v) is 6.05. The van der Waals surface area contributed by atoms with Gasteiger partial charge in [0, 0.05) is 29.9 Å². The van der Waals surface area contributed by atoms with Crippen LogP contribution < -0.4 is 5.73 Å². The van der Waals surface area contributed by atoms with Gasteiger partial charge in [-0.25, -0.2) is 4.98 Å². The van der Waals surface area contributed by atoms with Crippen LogP contribution in [0.4, 0.5) is 0 Å². The van der Waals surface area contributed by atoms with E-state index in [0.29, 0.717) is 23.9 Å². The summed E-state index contributed by atoms with van der Waals surface area (Å²) in [5, 5.41) is 4.98. The van der Waals surface area contributed by atoms with E-state index in [4.69, 9.17) is 15.8 Å². The summed E-state index contributed by atoms with van der Waals surface area (Å²) in [5.41, 5.74) is 11.6. The number of aromatic nitrogens is 4. The Balaban J connectivity index is 1.52. The number of nitrogens with two attached hydrogens (primary N) is 1. The van der Waals surface area contributed by atoms with E-state index in [0.717, 1.165) is 30.6 Å². The van der Waals surface area contributed by atoms with E-state index in [9.17, 15) is 0 Å². The Labute approximate surface area is 154 Å².